The van der Waals surface area contributed by atoms with Crippen LogP contribution in [0.3, 0.4) is 0 Å². The average molecular weight is 263 g/mol. The van der Waals surface area contributed by atoms with Gasteiger partial charge in [-0.3, -0.25) is 0 Å². The molecule has 90 valence electrons. The third kappa shape index (κ3) is 2.66. The summed E-state index contributed by atoms with van der Waals surface area (Å²) in [6, 6.07) is 4.33. The molecule has 0 unspecified atom stereocenters. The van der Waals surface area contributed by atoms with E-state index in [1.165, 1.54) is 22.5 Å². The van der Waals surface area contributed by atoms with Crippen LogP contribution < -0.4 is 5.73 Å². The predicted octanol–water partition coefficient (Wildman–Crippen LogP) is 1.95. The fourth-order valence-electron chi connectivity index (χ4n) is 1.30. The summed E-state index contributed by atoms with van der Waals surface area (Å²) in [5.74, 6) is 0. The van der Waals surface area contributed by atoms with Gasteiger partial charge in [0.05, 0.1) is 15.6 Å². The van der Waals surface area contributed by atoms with Gasteiger partial charge in [0.2, 0.25) is 10.0 Å². The molecule has 0 aromatic heterocycles. The fraction of sp³-hybridized carbons (Fsp3) is 0.400. The van der Waals surface area contributed by atoms with E-state index in [9.17, 15) is 8.42 Å². The largest absolute Gasteiger partial charge is 0.397 e. The molecule has 0 radical (unpaired) electrons. The monoisotopic (exact) mass is 262 g/mol. The third-order valence-electron chi connectivity index (χ3n) is 2.21. The second-order valence-corrected chi connectivity index (χ2v) is 5.96. The van der Waals surface area contributed by atoms with Gasteiger partial charge in [-0.05, 0) is 24.6 Å². The molecule has 1 aromatic rings. The summed E-state index contributed by atoms with van der Waals surface area (Å²) < 4.78 is 25.3. The Morgan fingerprint density at radius 2 is 2.06 bits per heavy atom. The Hall–Kier alpha value is -0.780. The lowest BCUT2D eigenvalue weighted by Gasteiger charge is -2.16. The number of hydrogen-bond acceptors (Lipinski definition) is 3. The summed E-state index contributed by atoms with van der Waals surface area (Å²) in [6.45, 7) is 2.40. The van der Waals surface area contributed by atoms with E-state index in [0.29, 0.717) is 11.6 Å². The number of nitrogen functional groups attached to an aromatic ring is 1. The van der Waals surface area contributed by atoms with Crippen LogP contribution in [0.1, 0.15) is 13.3 Å². The first-order valence-corrected chi connectivity index (χ1v) is 6.72. The smallest absolute Gasteiger partial charge is 0.242 e. The highest BCUT2D eigenvalue weighted by Gasteiger charge is 2.20. The summed E-state index contributed by atoms with van der Waals surface area (Å²) in [5, 5.41) is 0.358. The van der Waals surface area contributed by atoms with Crippen LogP contribution in [0.15, 0.2) is 23.1 Å². The van der Waals surface area contributed by atoms with E-state index in [4.69, 9.17) is 17.3 Å². The highest BCUT2D eigenvalue weighted by molar-refractivity contribution is 7.89. The average Bonchev–Trinajstić information content (AvgIpc) is 2.22. The van der Waals surface area contributed by atoms with Crippen molar-refractivity contribution in [2.24, 2.45) is 0 Å². The van der Waals surface area contributed by atoms with Gasteiger partial charge in [0.15, 0.2) is 0 Å². The first-order chi connectivity index (χ1) is 7.39. The Morgan fingerprint density at radius 3 is 2.56 bits per heavy atom. The second-order valence-electron chi connectivity index (χ2n) is 3.51. The molecule has 0 spiro atoms. The quantitative estimate of drug-likeness (QED) is 0.844. The Morgan fingerprint density at radius 1 is 1.44 bits per heavy atom. The lowest BCUT2D eigenvalue weighted by molar-refractivity contribution is 0.468. The maximum atomic E-state index is 12.0. The summed E-state index contributed by atoms with van der Waals surface area (Å²) >= 11 is 5.74. The zero-order chi connectivity index (χ0) is 12.3. The number of benzene rings is 1. The van der Waals surface area contributed by atoms with Crippen molar-refractivity contribution >= 4 is 27.3 Å². The van der Waals surface area contributed by atoms with Gasteiger partial charge >= 0.3 is 0 Å². The molecule has 0 heterocycles. The number of nitrogens with zero attached hydrogens (tertiary/aromatic N) is 1. The van der Waals surface area contributed by atoms with Gasteiger partial charge in [-0.15, -0.1) is 0 Å². The maximum Gasteiger partial charge on any atom is 0.242 e. The SMILES string of the molecule is CCCN(C)S(=O)(=O)c1ccc(Cl)c(N)c1. The van der Waals surface area contributed by atoms with Gasteiger partial charge in [-0.2, -0.15) is 0 Å². The molecule has 0 saturated carbocycles. The minimum absolute atomic E-state index is 0.172. The van der Waals surface area contributed by atoms with Crippen molar-refractivity contribution in [3.63, 3.8) is 0 Å². The molecule has 0 bridgehead atoms. The van der Waals surface area contributed by atoms with Crippen molar-refractivity contribution in [3.8, 4) is 0 Å². The lowest BCUT2D eigenvalue weighted by Crippen LogP contribution is -2.27. The predicted molar refractivity (Wildman–Crippen MR) is 66.0 cm³/mol. The van der Waals surface area contributed by atoms with Gasteiger partial charge < -0.3 is 5.73 Å². The molecule has 16 heavy (non-hydrogen) atoms. The Bertz CT molecular complexity index is 474. The van der Waals surface area contributed by atoms with Crippen molar-refractivity contribution in [1.82, 2.24) is 4.31 Å². The number of anilines is 1. The van der Waals surface area contributed by atoms with Crippen molar-refractivity contribution in [2.75, 3.05) is 19.3 Å². The topological polar surface area (TPSA) is 63.4 Å². The van der Waals surface area contributed by atoms with Crippen molar-refractivity contribution in [1.29, 1.82) is 0 Å². The standard InChI is InChI=1S/C10H15ClN2O2S/c1-3-6-13(2)16(14,15)8-4-5-9(11)10(12)7-8/h4-5,7H,3,6,12H2,1-2H3. The second kappa shape index (κ2) is 5.03. The van der Waals surface area contributed by atoms with Gasteiger partial charge in [-0.1, -0.05) is 18.5 Å². The minimum Gasteiger partial charge on any atom is -0.397 e. The van der Waals surface area contributed by atoms with Crippen LogP contribution >= 0.6 is 11.6 Å². The summed E-state index contributed by atoms with van der Waals surface area (Å²) in [5.41, 5.74) is 5.85. The van der Waals surface area contributed by atoms with E-state index in [0.717, 1.165) is 6.42 Å². The van der Waals surface area contributed by atoms with E-state index >= 15 is 0 Å². The number of hydrogen-bond donors (Lipinski definition) is 1. The molecule has 0 saturated heterocycles. The van der Waals surface area contributed by atoms with Crippen LogP contribution in [0.5, 0.6) is 0 Å². The van der Waals surface area contributed by atoms with Crippen LogP contribution in [0.4, 0.5) is 5.69 Å². The maximum absolute atomic E-state index is 12.0. The molecular weight excluding hydrogens is 248 g/mol. The first-order valence-electron chi connectivity index (χ1n) is 4.91. The van der Waals surface area contributed by atoms with E-state index in [1.54, 1.807) is 7.05 Å². The Kier molecular flexibility index (Phi) is 4.18. The van der Waals surface area contributed by atoms with Gasteiger partial charge in [0, 0.05) is 13.6 Å². The summed E-state index contributed by atoms with van der Waals surface area (Å²) in [7, 11) is -1.90. The highest BCUT2D eigenvalue weighted by Crippen LogP contribution is 2.23. The first kappa shape index (κ1) is 13.3. The zero-order valence-corrected chi connectivity index (χ0v) is 10.8. The van der Waals surface area contributed by atoms with Gasteiger partial charge in [0.1, 0.15) is 0 Å². The Labute approximate surface area is 101 Å². The molecule has 1 aromatic carbocycles. The summed E-state index contributed by atoms with van der Waals surface area (Å²) in [4.78, 5) is 0.172. The Balaban J connectivity index is 3.12. The lowest BCUT2D eigenvalue weighted by atomic mass is 10.3. The molecule has 4 nitrogen and oxygen atoms in total. The molecule has 0 aliphatic rings. The summed E-state index contributed by atoms with van der Waals surface area (Å²) in [6.07, 6.45) is 0.763. The van der Waals surface area contributed by atoms with E-state index in [1.807, 2.05) is 6.92 Å². The van der Waals surface area contributed by atoms with Crippen LogP contribution in [-0.4, -0.2) is 26.3 Å². The highest BCUT2D eigenvalue weighted by atomic mass is 35.5. The zero-order valence-electron chi connectivity index (χ0n) is 9.27. The normalized spacial score (nSPS) is 12.0. The molecule has 6 heteroatoms. The van der Waals surface area contributed by atoms with Gasteiger partial charge in [-0.25, -0.2) is 12.7 Å². The van der Waals surface area contributed by atoms with Crippen molar-refractivity contribution in [3.05, 3.63) is 23.2 Å². The molecule has 0 amide bonds. The van der Waals surface area contributed by atoms with E-state index in [-0.39, 0.29) is 10.6 Å². The number of sulfonamides is 1. The number of rotatable bonds is 4. The fourth-order valence-corrected chi connectivity index (χ4v) is 2.71. The van der Waals surface area contributed by atoms with Crippen LogP contribution in [0, 0.1) is 0 Å². The molecule has 0 fully saturated rings. The molecular formula is C10H15ClN2O2S. The van der Waals surface area contributed by atoms with Crippen LogP contribution in [0.25, 0.3) is 0 Å². The van der Waals surface area contributed by atoms with E-state index in [2.05, 4.69) is 0 Å². The molecule has 2 N–H and O–H groups in total. The molecule has 1 rings (SSSR count). The van der Waals surface area contributed by atoms with Crippen LogP contribution in [-0.2, 0) is 10.0 Å². The van der Waals surface area contributed by atoms with E-state index < -0.39 is 10.0 Å². The number of halogens is 1. The van der Waals surface area contributed by atoms with Crippen molar-refractivity contribution < 1.29 is 8.42 Å². The van der Waals surface area contributed by atoms with Gasteiger partial charge in [0.25, 0.3) is 0 Å². The third-order valence-corrected chi connectivity index (χ3v) is 4.41. The van der Waals surface area contributed by atoms with Crippen LogP contribution in [0.2, 0.25) is 5.02 Å². The molecule has 0 aliphatic carbocycles. The number of nitrogens with two attached hydrogens (primary N) is 1. The molecule has 0 atom stereocenters. The molecule has 0 aliphatic heterocycles. The minimum atomic E-state index is -3.45. The van der Waals surface area contributed by atoms with Crippen molar-refractivity contribution in [2.45, 2.75) is 18.2 Å².